The number of para-hydroxylation sites is 1. The van der Waals surface area contributed by atoms with E-state index in [1.54, 1.807) is 18.2 Å². The van der Waals surface area contributed by atoms with Gasteiger partial charge in [-0.3, -0.25) is 25.2 Å². The third-order valence-electron chi connectivity index (χ3n) is 3.23. The highest BCUT2D eigenvalue weighted by Crippen LogP contribution is 2.12. The van der Waals surface area contributed by atoms with Crippen LogP contribution in [-0.2, 0) is 9.53 Å². The molecule has 0 radical (unpaired) electrons. The first-order valence-electron chi connectivity index (χ1n) is 7.37. The summed E-state index contributed by atoms with van der Waals surface area (Å²) in [7, 11) is 0. The number of carbonyl (C=O) groups is 3. The maximum atomic E-state index is 11.9. The van der Waals surface area contributed by atoms with E-state index in [1.807, 2.05) is 0 Å². The predicted octanol–water partition coefficient (Wildman–Crippen LogP) is 1.00. The van der Waals surface area contributed by atoms with Crippen LogP contribution in [0.15, 0.2) is 62.4 Å². The van der Waals surface area contributed by atoms with Crippen LogP contribution in [0.3, 0.4) is 0 Å². The number of fused-ring (bicyclic) bond motifs is 1. The van der Waals surface area contributed by atoms with Crippen LogP contribution < -0.4 is 16.3 Å². The summed E-state index contributed by atoms with van der Waals surface area (Å²) in [6.45, 7) is -0.687. The SMILES string of the molecule is O=C(COC(=O)c1cc(=O)c2ccccc2o1)NNC(=O)c1ccco1. The van der Waals surface area contributed by atoms with Gasteiger partial charge in [0.05, 0.1) is 11.6 Å². The van der Waals surface area contributed by atoms with Crippen molar-refractivity contribution in [3.63, 3.8) is 0 Å². The first kappa shape index (κ1) is 17.0. The lowest BCUT2D eigenvalue weighted by atomic mass is 10.2. The monoisotopic (exact) mass is 356 g/mol. The smallest absolute Gasteiger partial charge is 0.374 e. The third kappa shape index (κ3) is 3.78. The van der Waals surface area contributed by atoms with Gasteiger partial charge in [-0.2, -0.15) is 0 Å². The highest BCUT2D eigenvalue weighted by Gasteiger charge is 2.16. The van der Waals surface area contributed by atoms with Crippen molar-refractivity contribution in [3.8, 4) is 0 Å². The fraction of sp³-hybridized carbons (Fsp3) is 0.0588. The Morgan fingerprint density at radius 3 is 2.58 bits per heavy atom. The van der Waals surface area contributed by atoms with E-state index in [2.05, 4.69) is 10.9 Å². The molecule has 9 heteroatoms. The minimum absolute atomic E-state index is 0.000216. The summed E-state index contributed by atoms with van der Waals surface area (Å²) < 4.78 is 14.9. The second kappa shape index (κ2) is 7.34. The molecule has 2 aromatic heterocycles. The van der Waals surface area contributed by atoms with E-state index in [0.717, 1.165) is 6.07 Å². The summed E-state index contributed by atoms with van der Waals surface area (Å²) in [6, 6.07) is 10.3. The predicted molar refractivity (Wildman–Crippen MR) is 87.1 cm³/mol. The van der Waals surface area contributed by atoms with Crippen LogP contribution in [-0.4, -0.2) is 24.4 Å². The lowest BCUT2D eigenvalue weighted by Gasteiger charge is -2.07. The van der Waals surface area contributed by atoms with E-state index < -0.39 is 29.8 Å². The maximum absolute atomic E-state index is 11.9. The Bertz CT molecular complexity index is 1020. The van der Waals surface area contributed by atoms with Crippen LogP contribution >= 0.6 is 0 Å². The van der Waals surface area contributed by atoms with Crippen molar-refractivity contribution in [2.24, 2.45) is 0 Å². The van der Waals surface area contributed by atoms with Gasteiger partial charge in [0.2, 0.25) is 5.76 Å². The summed E-state index contributed by atoms with van der Waals surface area (Å²) in [6.07, 6.45) is 1.30. The van der Waals surface area contributed by atoms with Crippen molar-refractivity contribution in [2.75, 3.05) is 6.61 Å². The molecule has 0 atom stereocenters. The molecule has 0 saturated heterocycles. The Balaban J connectivity index is 1.56. The Labute approximate surface area is 145 Å². The number of hydrogen-bond acceptors (Lipinski definition) is 7. The summed E-state index contributed by atoms with van der Waals surface area (Å²) in [5.41, 5.74) is 3.95. The molecule has 132 valence electrons. The Morgan fingerprint density at radius 2 is 1.81 bits per heavy atom. The van der Waals surface area contributed by atoms with E-state index in [9.17, 15) is 19.2 Å². The van der Waals surface area contributed by atoms with Gasteiger partial charge in [-0.1, -0.05) is 12.1 Å². The number of hydrogen-bond donors (Lipinski definition) is 2. The molecule has 2 amide bonds. The van der Waals surface area contributed by atoms with Gasteiger partial charge >= 0.3 is 11.9 Å². The highest BCUT2D eigenvalue weighted by molar-refractivity contribution is 5.94. The molecule has 3 rings (SSSR count). The van der Waals surface area contributed by atoms with Gasteiger partial charge in [-0.25, -0.2) is 4.79 Å². The number of rotatable bonds is 4. The largest absolute Gasteiger partial charge is 0.459 e. The van der Waals surface area contributed by atoms with Crippen LogP contribution in [0.1, 0.15) is 21.1 Å². The molecule has 2 N–H and O–H groups in total. The van der Waals surface area contributed by atoms with Gasteiger partial charge in [0, 0.05) is 6.07 Å². The molecule has 9 nitrogen and oxygen atoms in total. The van der Waals surface area contributed by atoms with E-state index in [4.69, 9.17) is 13.6 Å². The maximum Gasteiger partial charge on any atom is 0.374 e. The molecule has 0 bridgehead atoms. The minimum Gasteiger partial charge on any atom is -0.459 e. The summed E-state index contributed by atoms with van der Waals surface area (Å²) in [5.74, 6) is -2.78. The van der Waals surface area contributed by atoms with Crippen molar-refractivity contribution >= 4 is 28.8 Å². The van der Waals surface area contributed by atoms with E-state index in [1.165, 1.54) is 24.5 Å². The molecule has 2 heterocycles. The van der Waals surface area contributed by atoms with Gasteiger partial charge in [0.25, 0.3) is 5.91 Å². The molecule has 1 aromatic carbocycles. The number of esters is 1. The van der Waals surface area contributed by atoms with Gasteiger partial charge in [-0.15, -0.1) is 0 Å². The van der Waals surface area contributed by atoms with Crippen molar-refractivity contribution in [1.29, 1.82) is 0 Å². The Kier molecular flexibility index (Phi) is 4.79. The average Bonchev–Trinajstić information content (AvgIpc) is 3.19. The molecule has 26 heavy (non-hydrogen) atoms. The first-order valence-corrected chi connectivity index (χ1v) is 7.37. The quantitative estimate of drug-likeness (QED) is 0.527. The summed E-state index contributed by atoms with van der Waals surface area (Å²) >= 11 is 0. The number of furan rings is 1. The topological polar surface area (TPSA) is 128 Å². The van der Waals surface area contributed by atoms with Crippen LogP contribution in [0.5, 0.6) is 0 Å². The Morgan fingerprint density at radius 1 is 1.00 bits per heavy atom. The highest BCUT2D eigenvalue weighted by atomic mass is 16.5. The first-order chi connectivity index (χ1) is 12.5. The van der Waals surface area contributed by atoms with Crippen molar-refractivity contribution in [1.82, 2.24) is 10.9 Å². The summed E-state index contributed by atoms with van der Waals surface area (Å²) in [5, 5.41) is 0.322. The van der Waals surface area contributed by atoms with Crippen LogP contribution in [0.4, 0.5) is 0 Å². The van der Waals surface area contributed by atoms with Crippen molar-refractivity contribution in [2.45, 2.75) is 0 Å². The summed E-state index contributed by atoms with van der Waals surface area (Å²) in [4.78, 5) is 47.0. The molecule has 0 unspecified atom stereocenters. The van der Waals surface area contributed by atoms with Gasteiger partial charge in [0.15, 0.2) is 17.8 Å². The molecule has 0 fully saturated rings. The van der Waals surface area contributed by atoms with Gasteiger partial charge < -0.3 is 13.6 Å². The minimum atomic E-state index is -0.986. The van der Waals surface area contributed by atoms with Crippen molar-refractivity contribution in [3.05, 3.63) is 70.5 Å². The number of ether oxygens (including phenoxy) is 1. The normalized spacial score (nSPS) is 10.3. The molecule has 0 aliphatic rings. The van der Waals surface area contributed by atoms with Crippen molar-refractivity contribution < 1.29 is 28.0 Å². The molecular weight excluding hydrogens is 344 g/mol. The molecular formula is C17H12N2O7. The number of amides is 2. The zero-order valence-electron chi connectivity index (χ0n) is 13.2. The lowest BCUT2D eigenvalue weighted by Crippen LogP contribution is -2.43. The number of hydrazine groups is 1. The average molecular weight is 356 g/mol. The van der Waals surface area contributed by atoms with E-state index in [0.29, 0.717) is 5.39 Å². The fourth-order valence-corrected chi connectivity index (χ4v) is 2.04. The number of benzene rings is 1. The van der Waals surface area contributed by atoms with Crippen LogP contribution in [0, 0.1) is 0 Å². The fourth-order valence-electron chi connectivity index (χ4n) is 2.04. The molecule has 0 aliphatic heterocycles. The number of nitrogens with one attached hydrogen (secondary N) is 2. The molecule has 3 aromatic rings. The third-order valence-corrected chi connectivity index (χ3v) is 3.23. The van der Waals surface area contributed by atoms with Gasteiger partial charge in [0.1, 0.15) is 5.58 Å². The standard InChI is InChI=1S/C17H12N2O7/c20-11-8-14(26-12-5-2-1-4-10(11)12)17(23)25-9-15(21)18-19-16(22)13-6-3-7-24-13/h1-8H,9H2,(H,18,21)(H,19,22). The molecule has 0 aliphatic carbocycles. The zero-order valence-corrected chi connectivity index (χ0v) is 13.2. The van der Waals surface area contributed by atoms with E-state index >= 15 is 0 Å². The molecule has 0 saturated carbocycles. The molecule has 0 spiro atoms. The van der Waals surface area contributed by atoms with Crippen LogP contribution in [0.25, 0.3) is 11.0 Å². The van der Waals surface area contributed by atoms with Crippen LogP contribution in [0.2, 0.25) is 0 Å². The lowest BCUT2D eigenvalue weighted by molar-refractivity contribution is -0.125. The Hall–Kier alpha value is -3.88. The number of carbonyl (C=O) groups excluding carboxylic acids is 3. The second-order valence-electron chi connectivity index (χ2n) is 5.03. The van der Waals surface area contributed by atoms with E-state index in [-0.39, 0.29) is 17.1 Å². The van der Waals surface area contributed by atoms with Gasteiger partial charge in [-0.05, 0) is 24.3 Å². The zero-order chi connectivity index (χ0) is 18.5. The second-order valence-corrected chi connectivity index (χ2v) is 5.03.